The maximum absolute atomic E-state index is 13.3. The molecule has 1 atom stereocenters. The van der Waals surface area contributed by atoms with Crippen molar-refractivity contribution in [2.45, 2.75) is 31.6 Å². The second-order valence-electron chi connectivity index (χ2n) is 6.92. The van der Waals surface area contributed by atoms with Crippen LogP contribution in [0.3, 0.4) is 0 Å². The molecule has 1 aromatic heterocycles. The lowest BCUT2D eigenvalue weighted by atomic mass is 10.0. The molecule has 6 nitrogen and oxygen atoms in total. The van der Waals surface area contributed by atoms with Crippen molar-refractivity contribution in [2.24, 2.45) is 0 Å². The summed E-state index contributed by atoms with van der Waals surface area (Å²) in [5.41, 5.74) is 2.40. The number of carbonyl (C=O) groups is 1. The fourth-order valence-electron chi connectivity index (χ4n) is 3.15. The number of hydrogen-bond donors (Lipinski definition) is 1. The molecule has 3 rings (SSSR count). The second kappa shape index (κ2) is 7.67. The highest BCUT2D eigenvalue weighted by molar-refractivity contribution is 7.90. The molecule has 0 bridgehead atoms. The minimum Gasteiger partial charge on any atom is -0.497 e. The molecule has 2 aromatic carbocycles. The number of carbonyl (C=O) groups excluding carboxylic acids is 1. The zero-order valence-electron chi connectivity index (χ0n) is 16.4. The van der Waals surface area contributed by atoms with E-state index >= 15 is 0 Å². The molecule has 0 aliphatic heterocycles. The zero-order chi connectivity index (χ0) is 20.5. The predicted octanol–water partition coefficient (Wildman–Crippen LogP) is 3.43. The number of benzene rings is 2. The van der Waals surface area contributed by atoms with Gasteiger partial charge < -0.3 is 10.1 Å². The largest absolute Gasteiger partial charge is 0.497 e. The van der Waals surface area contributed by atoms with Crippen molar-refractivity contribution in [1.82, 2.24) is 9.29 Å². The van der Waals surface area contributed by atoms with Gasteiger partial charge >= 0.3 is 0 Å². The van der Waals surface area contributed by atoms with Gasteiger partial charge in [-0.3, -0.25) is 4.79 Å². The molecule has 1 heterocycles. The number of nitrogens with zero attached hydrogens (tertiary/aromatic N) is 1. The van der Waals surface area contributed by atoms with E-state index in [0.717, 1.165) is 16.5 Å². The van der Waals surface area contributed by atoms with Crippen LogP contribution < -0.4 is 10.1 Å². The molecular weight excluding hydrogens is 376 g/mol. The first-order valence-corrected chi connectivity index (χ1v) is 10.4. The molecule has 0 unspecified atom stereocenters. The molecule has 28 heavy (non-hydrogen) atoms. The maximum Gasteiger partial charge on any atom is 0.268 e. The highest BCUT2D eigenvalue weighted by atomic mass is 32.2. The van der Waals surface area contributed by atoms with E-state index in [1.165, 1.54) is 10.9 Å². The van der Waals surface area contributed by atoms with Crippen LogP contribution in [0.1, 0.15) is 30.9 Å². The van der Waals surface area contributed by atoms with Crippen LogP contribution in [-0.4, -0.2) is 32.0 Å². The molecule has 3 aromatic rings. The quantitative estimate of drug-likeness (QED) is 0.688. The molecule has 7 heteroatoms. The van der Waals surface area contributed by atoms with Gasteiger partial charge in [-0.05, 0) is 42.8 Å². The van der Waals surface area contributed by atoms with Gasteiger partial charge in [0.25, 0.3) is 10.0 Å². The Morgan fingerprint density at radius 3 is 2.46 bits per heavy atom. The number of hydrogen-bond acceptors (Lipinski definition) is 4. The monoisotopic (exact) mass is 400 g/mol. The summed E-state index contributed by atoms with van der Waals surface area (Å²) in [5.74, 6) is 0.444. The summed E-state index contributed by atoms with van der Waals surface area (Å²) in [6.45, 7) is 5.74. The summed E-state index contributed by atoms with van der Waals surface area (Å²) in [6.07, 6.45) is 1.64. The molecule has 0 aliphatic carbocycles. The van der Waals surface area contributed by atoms with E-state index in [0.29, 0.717) is 17.8 Å². The van der Waals surface area contributed by atoms with Crippen molar-refractivity contribution >= 4 is 26.8 Å². The topological polar surface area (TPSA) is 77.4 Å². The Morgan fingerprint density at radius 2 is 1.86 bits per heavy atom. The Bertz CT molecular complexity index is 1120. The Hall–Kier alpha value is -2.80. The van der Waals surface area contributed by atoms with Gasteiger partial charge in [-0.15, -0.1) is 0 Å². The SMILES string of the molecule is COc1ccc2c(c1)c([C@H](C)CNC(C)=O)cn2S(=O)(=O)c1ccc(C)cc1. The van der Waals surface area contributed by atoms with Crippen LogP contribution in [0.15, 0.2) is 53.6 Å². The second-order valence-corrected chi connectivity index (χ2v) is 8.73. The first-order chi connectivity index (χ1) is 13.2. The van der Waals surface area contributed by atoms with E-state index in [1.54, 1.807) is 49.7 Å². The van der Waals surface area contributed by atoms with Gasteiger partial charge in [-0.25, -0.2) is 12.4 Å². The van der Waals surface area contributed by atoms with Crippen molar-refractivity contribution in [3.63, 3.8) is 0 Å². The van der Waals surface area contributed by atoms with Crippen molar-refractivity contribution in [3.8, 4) is 5.75 Å². The highest BCUT2D eigenvalue weighted by Crippen LogP contribution is 2.33. The van der Waals surface area contributed by atoms with Crippen LogP contribution in [0.5, 0.6) is 5.75 Å². The third-order valence-corrected chi connectivity index (χ3v) is 6.46. The van der Waals surface area contributed by atoms with Crippen molar-refractivity contribution in [2.75, 3.05) is 13.7 Å². The van der Waals surface area contributed by atoms with E-state index in [2.05, 4.69) is 5.32 Å². The molecule has 1 amide bonds. The number of ether oxygens (including phenoxy) is 1. The number of nitrogens with one attached hydrogen (secondary N) is 1. The Morgan fingerprint density at radius 1 is 1.18 bits per heavy atom. The average Bonchev–Trinajstić information content (AvgIpc) is 3.06. The van der Waals surface area contributed by atoms with Crippen LogP contribution in [0.2, 0.25) is 0 Å². The third kappa shape index (κ3) is 3.75. The summed E-state index contributed by atoms with van der Waals surface area (Å²) < 4.78 is 33.2. The fraction of sp³-hybridized carbons (Fsp3) is 0.286. The van der Waals surface area contributed by atoms with Crippen LogP contribution >= 0.6 is 0 Å². The first-order valence-electron chi connectivity index (χ1n) is 8.99. The lowest BCUT2D eigenvalue weighted by molar-refractivity contribution is -0.119. The number of aromatic nitrogens is 1. The van der Waals surface area contributed by atoms with Gasteiger partial charge in [-0.2, -0.15) is 0 Å². The summed E-state index contributed by atoms with van der Waals surface area (Å²) >= 11 is 0. The molecular formula is C21H24N2O4S. The molecule has 0 spiro atoms. The zero-order valence-corrected chi connectivity index (χ0v) is 17.2. The third-order valence-electron chi connectivity index (χ3n) is 4.77. The lowest BCUT2D eigenvalue weighted by Gasteiger charge is -2.11. The molecule has 1 N–H and O–H groups in total. The van der Waals surface area contributed by atoms with Crippen LogP contribution in [-0.2, 0) is 14.8 Å². The summed E-state index contributed by atoms with van der Waals surface area (Å²) in [7, 11) is -2.19. The van der Waals surface area contributed by atoms with E-state index in [-0.39, 0.29) is 16.7 Å². The highest BCUT2D eigenvalue weighted by Gasteiger charge is 2.23. The Kier molecular flexibility index (Phi) is 5.47. The standard InChI is InChI=1S/C21H24N2O4S/c1-14-5-8-18(9-6-14)28(25,26)23-13-20(15(2)12-22-16(3)24)19-11-17(27-4)7-10-21(19)23/h5-11,13,15H,12H2,1-4H3,(H,22,24)/t15-/m1/s1. The fourth-order valence-corrected chi connectivity index (χ4v) is 4.53. The van der Waals surface area contributed by atoms with Gasteiger partial charge in [0.15, 0.2) is 0 Å². The van der Waals surface area contributed by atoms with Crippen LogP contribution in [0.4, 0.5) is 0 Å². The average molecular weight is 401 g/mol. The minimum absolute atomic E-state index is 0.0760. The predicted molar refractivity (Wildman–Crippen MR) is 109 cm³/mol. The number of amides is 1. The van der Waals surface area contributed by atoms with E-state index in [9.17, 15) is 13.2 Å². The molecule has 0 radical (unpaired) electrons. The van der Waals surface area contributed by atoms with Crippen molar-refractivity contribution < 1.29 is 17.9 Å². The number of rotatable bonds is 6. The molecule has 0 saturated carbocycles. The number of aryl methyl sites for hydroxylation is 1. The van der Waals surface area contributed by atoms with Crippen LogP contribution in [0.25, 0.3) is 10.9 Å². The van der Waals surface area contributed by atoms with E-state index in [4.69, 9.17) is 4.74 Å². The summed E-state index contributed by atoms with van der Waals surface area (Å²) in [5, 5.41) is 3.58. The smallest absolute Gasteiger partial charge is 0.268 e. The first kappa shape index (κ1) is 19.9. The Labute approximate surface area is 165 Å². The van der Waals surface area contributed by atoms with Gasteiger partial charge in [0.05, 0.1) is 17.5 Å². The number of methoxy groups -OCH3 is 1. The maximum atomic E-state index is 13.3. The van der Waals surface area contributed by atoms with Gasteiger partial charge in [-0.1, -0.05) is 24.6 Å². The van der Waals surface area contributed by atoms with Crippen LogP contribution in [0, 0.1) is 6.92 Å². The van der Waals surface area contributed by atoms with E-state index in [1.807, 2.05) is 19.9 Å². The minimum atomic E-state index is -3.76. The molecule has 0 aliphatic rings. The molecule has 0 saturated heterocycles. The number of fused-ring (bicyclic) bond motifs is 1. The van der Waals surface area contributed by atoms with Gasteiger partial charge in [0.2, 0.25) is 5.91 Å². The summed E-state index contributed by atoms with van der Waals surface area (Å²) in [6, 6.07) is 12.1. The van der Waals surface area contributed by atoms with E-state index < -0.39 is 10.0 Å². The van der Waals surface area contributed by atoms with Gasteiger partial charge in [0, 0.05) is 31.0 Å². The molecule has 0 fully saturated rings. The normalized spacial score (nSPS) is 12.7. The molecule has 148 valence electrons. The van der Waals surface area contributed by atoms with Crippen molar-refractivity contribution in [3.05, 3.63) is 59.8 Å². The lowest BCUT2D eigenvalue weighted by Crippen LogP contribution is -2.24. The van der Waals surface area contributed by atoms with Crippen molar-refractivity contribution in [1.29, 1.82) is 0 Å². The van der Waals surface area contributed by atoms with Gasteiger partial charge in [0.1, 0.15) is 5.75 Å². The summed E-state index contributed by atoms with van der Waals surface area (Å²) in [4.78, 5) is 11.5. The Balaban J connectivity index is 2.17.